The smallest absolute Gasteiger partial charge is 0.400 e. The van der Waals surface area contributed by atoms with E-state index >= 15 is 0 Å². The van der Waals surface area contributed by atoms with Crippen LogP contribution in [0.3, 0.4) is 0 Å². The highest BCUT2D eigenvalue weighted by Gasteiger charge is 2.36. The highest BCUT2D eigenvalue weighted by atomic mass is 31.2. The zero-order valence-corrected chi connectivity index (χ0v) is 20.7. The van der Waals surface area contributed by atoms with Gasteiger partial charge in [0.05, 0.1) is 19.0 Å². The minimum Gasteiger partial charge on any atom is -0.400 e. The van der Waals surface area contributed by atoms with E-state index in [4.69, 9.17) is 45.1 Å². The van der Waals surface area contributed by atoms with Gasteiger partial charge in [-0.15, -0.1) is 0 Å². The predicted molar refractivity (Wildman–Crippen MR) is 117 cm³/mol. The molecule has 2 aromatic heterocycles. The molecule has 198 valence electrons. The Hall–Kier alpha value is -1.72. The van der Waals surface area contributed by atoms with E-state index in [-0.39, 0.29) is 12.9 Å². The fourth-order valence-corrected chi connectivity index (χ4v) is 2.80. The molecule has 0 aliphatic carbocycles. The van der Waals surface area contributed by atoms with Gasteiger partial charge in [0.1, 0.15) is 24.7 Å². The van der Waals surface area contributed by atoms with Crippen LogP contribution in [-0.2, 0) is 27.7 Å². The molecule has 1 fully saturated rings. The number of nitrogens with zero attached hydrogens (tertiary/aromatic N) is 4. The lowest BCUT2D eigenvalue weighted by atomic mass is 10.2. The van der Waals surface area contributed by atoms with E-state index < -0.39 is 28.8 Å². The van der Waals surface area contributed by atoms with Gasteiger partial charge in [-0.1, -0.05) is 0 Å². The number of methoxy groups -OCH3 is 1. The third kappa shape index (κ3) is 12.1. The number of aliphatic hydroxyl groups is 4. The molecule has 3 atom stereocenters. The van der Waals surface area contributed by atoms with Crippen molar-refractivity contribution < 1.29 is 57.9 Å². The number of hydrogen-bond donors (Lipinski definition) is 7. The summed E-state index contributed by atoms with van der Waals surface area (Å²) in [6, 6.07) is 0. The molecule has 17 nitrogen and oxygen atoms in total. The van der Waals surface area contributed by atoms with Gasteiger partial charge in [-0.25, -0.2) is 24.1 Å². The van der Waals surface area contributed by atoms with Crippen LogP contribution >= 0.6 is 16.5 Å². The van der Waals surface area contributed by atoms with Gasteiger partial charge in [0.15, 0.2) is 17.7 Å². The lowest BCUT2D eigenvalue weighted by molar-refractivity contribution is -0.0928. The first-order chi connectivity index (χ1) is 16.3. The zero-order valence-electron chi connectivity index (χ0n) is 18.9. The van der Waals surface area contributed by atoms with Gasteiger partial charge in [0, 0.05) is 34.9 Å². The average Bonchev–Trinajstić information content (AvgIpc) is 3.41. The number of fused-ring (bicyclic) bond motifs is 1. The maximum atomic E-state index is 10.2. The zero-order chi connectivity index (χ0) is 26.7. The summed E-state index contributed by atoms with van der Waals surface area (Å²) in [6.45, 7) is 0.545. The summed E-state index contributed by atoms with van der Waals surface area (Å²) in [6.07, 6.45) is 1.92. The van der Waals surface area contributed by atoms with E-state index in [1.165, 1.54) is 6.33 Å². The second-order valence-electron chi connectivity index (χ2n) is 5.46. The Kier molecular flexibility index (Phi) is 19.8. The third-order valence-electron chi connectivity index (χ3n) is 3.47. The van der Waals surface area contributed by atoms with Gasteiger partial charge in [-0.2, -0.15) is 4.31 Å². The van der Waals surface area contributed by atoms with Crippen LogP contribution in [0.5, 0.6) is 0 Å². The van der Waals surface area contributed by atoms with Gasteiger partial charge >= 0.3 is 16.5 Å². The van der Waals surface area contributed by atoms with Gasteiger partial charge in [0.2, 0.25) is 0 Å². The number of nitrogens with two attached hydrogens (primary N) is 1. The number of aromatic nitrogens is 4. The maximum Gasteiger partial charge on any atom is 0.480 e. The molecule has 0 amide bonds. The minimum absolute atomic E-state index is 0.193. The Labute approximate surface area is 196 Å². The topological polar surface area (TPSA) is 262 Å². The first-order valence-electron chi connectivity index (χ1n) is 9.01. The molecule has 1 aliphatic heterocycles. The number of anilines is 1. The van der Waals surface area contributed by atoms with Gasteiger partial charge in [-0.05, 0) is 0 Å². The molecule has 34 heavy (non-hydrogen) atoms. The molecule has 8 N–H and O–H groups in total. The van der Waals surface area contributed by atoms with Crippen LogP contribution in [0.1, 0.15) is 12.6 Å². The van der Waals surface area contributed by atoms with E-state index in [2.05, 4.69) is 19.3 Å². The Bertz CT molecular complexity index is 839. The van der Waals surface area contributed by atoms with E-state index in [9.17, 15) is 14.2 Å². The molecule has 2 aromatic rings. The van der Waals surface area contributed by atoms with Crippen LogP contribution in [-0.4, -0.2) is 104 Å². The molecule has 0 aromatic carbocycles. The van der Waals surface area contributed by atoms with Crippen molar-refractivity contribution in [3.8, 4) is 0 Å². The molecule has 2 unspecified atom stereocenters. The summed E-state index contributed by atoms with van der Waals surface area (Å²) in [5.74, 6) is 0.297. The van der Waals surface area contributed by atoms with Crippen LogP contribution in [0, 0.1) is 0 Å². The normalized spacial score (nSPS) is 18.9. The molecule has 0 radical (unpaired) electrons. The van der Waals surface area contributed by atoms with Crippen molar-refractivity contribution in [2.45, 2.75) is 24.9 Å². The molecule has 1 aliphatic rings. The van der Waals surface area contributed by atoms with E-state index in [0.717, 1.165) is 21.3 Å². The molecular formula is C15H31N5O12P2. The van der Waals surface area contributed by atoms with Crippen molar-refractivity contribution in [1.29, 1.82) is 0 Å². The molecule has 1 saturated heterocycles. The Balaban J connectivity index is 0. The van der Waals surface area contributed by atoms with Crippen molar-refractivity contribution in [1.82, 2.24) is 19.5 Å². The summed E-state index contributed by atoms with van der Waals surface area (Å²) in [5, 5.41) is 31.2. The van der Waals surface area contributed by atoms with Crippen molar-refractivity contribution in [2.24, 2.45) is 0 Å². The third-order valence-corrected chi connectivity index (χ3v) is 4.59. The first kappa shape index (κ1) is 34.4. The summed E-state index contributed by atoms with van der Waals surface area (Å²) < 4.78 is 39.5. The number of nitrogen functional groups attached to an aromatic ring is 1. The lowest BCUT2D eigenvalue weighted by Gasteiger charge is -2.16. The van der Waals surface area contributed by atoms with E-state index in [1.54, 1.807) is 18.0 Å². The summed E-state index contributed by atoms with van der Waals surface area (Å²) in [5.41, 5.74) is 6.77. The van der Waals surface area contributed by atoms with Gasteiger partial charge in [0.25, 0.3) is 0 Å². The summed E-state index contributed by atoms with van der Waals surface area (Å²) in [4.78, 5) is 27.6. The Morgan fingerprint density at radius 2 is 1.82 bits per heavy atom. The van der Waals surface area contributed by atoms with Gasteiger partial charge in [-0.3, -0.25) is 4.57 Å². The second kappa shape index (κ2) is 19.6. The van der Waals surface area contributed by atoms with Crippen LogP contribution in [0.15, 0.2) is 12.7 Å². The fraction of sp³-hybridized carbons (Fsp3) is 0.667. The maximum absolute atomic E-state index is 10.2. The van der Waals surface area contributed by atoms with Gasteiger partial charge < -0.3 is 50.2 Å². The van der Waals surface area contributed by atoms with Crippen LogP contribution in [0.4, 0.5) is 5.82 Å². The number of ether oxygens (including phenoxy) is 3. The highest BCUT2D eigenvalue weighted by molar-refractivity contribution is 7.52. The number of aliphatic hydroxyl groups excluding tert-OH is 4. The Morgan fingerprint density at radius 3 is 2.32 bits per heavy atom. The number of hydrogen-bond acceptors (Lipinski definition) is 14. The minimum atomic E-state index is -4.49. The number of rotatable bonds is 7. The van der Waals surface area contributed by atoms with E-state index in [1.807, 2.05) is 0 Å². The average molecular weight is 535 g/mol. The lowest BCUT2D eigenvalue weighted by Crippen LogP contribution is -2.19. The molecule has 0 saturated carbocycles. The molecule has 0 bridgehead atoms. The van der Waals surface area contributed by atoms with Crippen molar-refractivity contribution in [3.63, 3.8) is 0 Å². The standard InChI is InChI=1S/C12H17N5O4.3CH4O.H2O5P2/c1-19-6-20-3-7-2-8(18)12(21-7)17-5-16-9-10(13)14-4-15-11(9)17;3*1-2;1-6-5-7(2,3)4/h4-5,7-8,12,18H,2-3,6H2,1H3,(H2,13,14,15);3*2H,1H3;(H2,2,3,4)/t7-,8?,12?;;;;/m0..../s1. The Morgan fingerprint density at radius 1 is 1.21 bits per heavy atom. The van der Waals surface area contributed by atoms with E-state index in [0.29, 0.717) is 30.0 Å². The summed E-state index contributed by atoms with van der Waals surface area (Å²) in [7, 11) is -0.944. The summed E-state index contributed by atoms with van der Waals surface area (Å²) >= 11 is 0. The highest BCUT2D eigenvalue weighted by Crippen LogP contribution is 2.39. The van der Waals surface area contributed by atoms with Crippen molar-refractivity contribution in [2.75, 3.05) is 47.6 Å². The molecule has 19 heteroatoms. The molecule has 0 spiro atoms. The number of imidazole rings is 1. The first-order valence-corrected chi connectivity index (χ1v) is 11.3. The second-order valence-corrected chi connectivity index (χ2v) is 7.24. The van der Waals surface area contributed by atoms with Crippen molar-refractivity contribution >= 4 is 33.5 Å². The fourth-order valence-electron chi connectivity index (χ4n) is 2.45. The van der Waals surface area contributed by atoms with Crippen LogP contribution in [0.2, 0.25) is 0 Å². The van der Waals surface area contributed by atoms with Crippen LogP contribution in [0.25, 0.3) is 11.2 Å². The molecular weight excluding hydrogens is 504 g/mol. The molecule has 3 heterocycles. The monoisotopic (exact) mass is 535 g/mol. The number of phosphoric acid groups is 1. The van der Waals surface area contributed by atoms with Crippen LogP contribution < -0.4 is 5.73 Å². The molecule has 3 rings (SSSR count). The quantitative estimate of drug-likeness (QED) is 0.125. The van der Waals surface area contributed by atoms with Crippen molar-refractivity contribution in [3.05, 3.63) is 12.7 Å². The predicted octanol–water partition coefficient (Wildman–Crippen LogP) is -1.19. The largest absolute Gasteiger partial charge is 0.480 e. The SMILES string of the molecule is CO.CO.CO.COCOC[C@@H]1CC(O)C(n2cnc3c(N)ncnc32)O1.O=POP(=O)(O)O.